The van der Waals surface area contributed by atoms with Crippen LogP contribution in [0.15, 0.2) is 42.9 Å². The SMILES string of the molecule is O=C(NCCNC(=O)c1cnn2cc(CCO)cnc12)c1ccc(F)cc1. The Balaban J connectivity index is 1.53. The molecule has 3 aromatic rings. The Labute approximate surface area is 154 Å². The van der Waals surface area contributed by atoms with E-state index in [1.165, 1.54) is 35.0 Å². The number of benzene rings is 1. The normalized spacial score (nSPS) is 10.7. The highest BCUT2D eigenvalue weighted by molar-refractivity contribution is 5.99. The lowest BCUT2D eigenvalue weighted by molar-refractivity contribution is 0.0928. The lowest BCUT2D eigenvalue weighted by Crippen LogP contribution is -2.34. The zero-order valence-corrected chi connectivity index (χ0v) is 14.4. The van der Waals surface area contributed by atoms with Crippen LogP contribution in [-0.2, 0) is 6.42 Å². The molecule has 2 heterocycles. The number of amides is 2. The number of fused-ring (bicyclic) bond motifs is 1. The molecule has 0 spiro atoms. The molecule has 0 saturated heterocycles. The van der Waals surface area contributed by atoms with Crippen LogP contribution < -0.4 is 10.6 Å². The summed E-state index contributed by atoms with van der Waals surface area (Å²) in [5, 5.41) is 18.4. The van der Waals surface area contributed by atoms with Crippen LogP contribution in [0.25, 0.3) is 5.65 Å². The Morgan fingerprint density at radius 3 is 2.48 bits per heavy atom. The van der Waals surface area contributed by atoms with Gasteiger partial charge in [-0.1, -0.05) is 0 Å². The number of aliphatic hydroxyl groups excluding tert-OH is 1. The molecule has 0 fully saturated rings. The van der Waals surface area contributed by atoms with Crippen LogP contribution in [0.1, 0.15) is 26.3 Å². The number of aromatic nitrogens is 3. The molecule has 2 amide bonds. The van der Waals surface area contributed by atoms with E-state index in [9.17, 15) is 14.0 Å². The van der Waals surface area contributed by atoms with Crippen molar-refractivity contribution in [2.24, 2.45) is 0 Å². The molecule has 9 heteroatoms. The maximum absolute atomic E-state index is 12.8. The molecule has 2 aromatic heterocycles. The van der Waals surface area contributed by atoms with E-state index in [2.05, 4.69) is 20.7 Å². The van der Waals surface area contributed by atoms with Crippen LogP contribution in [0.4, 0.5) is 4.39 Å². The Bertz CT molecular complexity index is 955. The number of aliphatic hydroxyl groups is 1. The summed E-state index contributed by atoms with van der Waals surface area (Å²) in [5.74, 6) is -1.12. The van der Waals surface area contributed by atoms with E-state index in [-0.39, 0.29) is 31.5 Å². The maximum atomic E-state index is 12.8. The van der Waals surface area contributed by atoms with E-state index in [0.717, 1.165) is 5.56 Å². The molecule has 0 radical (unpaired) electrons. The highest BCUT2D eigenvalue weighted by atomic mass is 19.1. The number of nitrogens with zero attached hydrogens (tertiary/aromatic N) is 3. The summed E-state index contributed by atoms with van der Waals surface area (Å²) in [6, 6.07) is 5.19. The lowest BCUT2D eigenvalue weighted by Gasteiger charge is -2.07. The molecule has 0 aliphatic rings. The van der Waals surface area contributed by atoms with Gasteiger partial charge in [-0.05, 0) is 36.2 Å². The van der Waals surface area contributed by atoms with Gasteiger partial charge in [0.15, 0.2) is 5.65 Å². The Hall–Kier alpha value is -3.33. The molecule has 0 unspecified atom stereocenters. The molecule has 0 bridgehead atoms. The predicted molar refractivity (Wildman–Crippen MR) is 94.8 cm³/mol. The minimum atomic E-state index is -0.413. The van der Waals surface area contributed by atoms with Gasteiger partial charge in [0, 0.05) is 37.7 Å². The first-order valence-corrected chi connectivity index (χ1v) is 8.33. The molecule has 0 atom stereocenters. The van der Waals surface area contributed by atoms with Crippen LogP contribution >= 0.6 is 0 Å². The smallest absolute Gasteiger partial charge is 0.256 e. The van der Waals surface area contributed by atoms with Gasteiger partial charge in [-0.15, -0.1) is 0 Å². The number of hydrogen-bond donors (Lipinski definition) is 3. The molecular weight excluding hydrogens is 353 g/mol. The largest absolute Gasteiger partial charge is 0.396 e. The second-order valence-electron chi connectivity index (χ2n) is 5.78. The zero-order valence-electron chi connectivity index (χ0n) is 14.4. The summed E-state index contributed by atoms with van der Waals surface area (Å²) in [4.78, 5) is 28.4. The molecule has 3 rings (SSSR count). The summed E-state index contributed by atoms with van der Waals surface area (Å²) < 4.78 is 14.3. The molecule has 140 valence electrons. The third-order valence-corrected chi connectivity index (χ3v) is 3.86. The molecule has 1 aromatic carbocycles. The van der Waals surface area contributed by atoms with Crippen molar-refractivity contribution < 1.29 is 19.1 Å². The minimum absolute atomic E-state index is 0.00540. The molecule has 3 N–H and O–H groups in total. The van der Waals surface area contributed by atoms with Crippen molar-refractivity contribution >= 4 is 17.5 Å². The van der Waals surface area contributed by atoms with Crippen molar-refractivity contribution in [3.8, 4) is 0 Å². The van der Waals surface area contributed by atoms with Crippen molar-refractivity contribution in [1.29, 1.82) is 0 Å². The number of hydrogen-bond acceptors (Lipinski definition) is 5. The number of rotatable bonds is 7. The molecule has 0 aliphatic heterocycles. The van der Waals surface area contributed by atoms with E-state index in [1.54, 1.807) is 12.4 Å². The number of halogens is 1. The average molecular weight is 371 g/mol. The van der Waals surface area contributed by atoms with Crippen molar-refractivity contribution in [3.63, 3.8) is 0 Å². The third-order valence-electron chi connectivity index (χ3n) is 3.86. The van der Waals surface area contributed by atoms with E-state index in [4.69, 9.17) is 5.11 Å². The standard InChI is InChI=1S/C18H18FN5O3/c19-14-3-1-13(2-4-14)17(26)20-6-7-21-18(27)15-10-23-24-11-12(5-8-25)9-22-16(15)24/h1-4,9-11,25H,5-8H2,(H,20,26)(H,21,27). The van der Waals surface area contributed by atoms with Crippen LogP contribution in [-0.4, -0.2) is 51.2 Å². The van der Waals surface area contributed by atoms with Crippen molar-refractivity contribution in [3.05, 3.63) is 65.4 Å². The van der Waals surface area contributed by atoms with Crippen molar-refractivity contribution in [2.45, 2.75) is 6.42 Å². The first kappa shape index (κ1) is 18.5. The summed E-state index contributed by atoms with van der Waals surface area (Å²) in [7, 11) is 0. The van der Waals surface area contributed by atoms with Gasteiger partial charge in [-0.2, -0.15) is 5.10 Å². The quantitative estimate of drug-likeness (QED) is 0.526. The van der Waals surface area contributed by atoms with Gasteiger partial charge in [0.2, 0.25) is 0 Å². The van der Waals surface area contributed by atoms with Crippen molar-refractivity contribution in [1.82, 2.24) is 25.2 Å². The van der Waals surface area contributed by atoms with E-state index >= 15 is 0 Å². The number of carbonyl (C=O) groups excluding carboxylic acids is 2. The van der Waals surface area contributed by atoms with Crippen LogP contribution in [0, 0.1) is 5.82 Å². The number of nitrogens with one attached hydrogen (secondary N) is 2. The molecule has 8 nitrogen and oxygen atoms in total. The molecule has 0 saturated carbocycles. The second kappa shape index (κ2) is 8.37. The summed E-state index contributed by atoms with van der Waals surface area (Å²) >= 11 is 0. The lowest BCUT2D eigenvalue weighted by atomic mass is 10.2. The summed E-state index contributed by atoms with van der Waals surface area (Å²) in [5.41, 5.74) is 1.87. The fraction of sp³-hybridized carbons (Fsp3) is 0.222. The molecule has 27 heavy (non-hydrogen) atoms. The predicted octanol–water partition coefficient (Wildman–Crippen LogP) is 0.563. The van der Waals surface area contributed by atoms with Gasteiger partial charge in [0.05, 0.1) is 6.20 Å². The van der Waals surface area contributed by atoms with Gasteiger partial charge in [0.25, 0.3) is 11.8 Å². The highest BCUT2D eigenvalue weighted by Gasteiger charge is 2.14. The first-order valence-electron chi connectivity index (χ1n) is 8.33. The molecule has 0 aliphatic carbocycles. The monoisotopic (exact) mass is 371 g/mol. The maximum Gasteiger partial charge on any atom is 0.256 e. The first-order chi connectivity index (χ1) is 13.1. The Kier molecular flexibility index (Phi) is 5.72. The van der Waals surface area contributed by atoms with Gasteiger partial charge in [0.1, 0.15) is 11.4 Å². The summed E-state index contributed by atoms with van der Waals surface area (Å²) in [6.07, 6.45) is 5.17. The Morgan fingerprint density at radius 2 is 1.78 bits per heavy atom. The van der Waals surface area contributed by atoms with E-state index in [0.29, 0.717) is 23.2 Å². The van der Waals surface area contributed by atoms with Gasteiger partial charge in [-0.25, -0.2) is 13.9 Å². The summed E-state index contributed by atoms with van der Waals surface area (Å²) in [6.45, 7) is 0.437. The van der Waals surface area contributed by atoms with Gasteiger partial charge in [-0.3, -0.25) is 9.59 Å². The second-order valence-corrected chi connectivity index (χ2v) is 5.78. The highest BCUT2D eigenvalue weighted by Crippen LogP contribution is 2.09. The van der Waals surface area contributed by atoms with E-state index < -0.39 is 5.82 Å². The van der Waals surface area contributed by atoms with E-state index in [1.807, 2.05) is 0 Å². The van der Waals surface area contributed by atoms with Crippen LogP contribution in [0.3, 0.4) is 0 Å². The minimum Gasteiger partial charge on any atom is -0.396 e. The number of carbonyl (C=O) groups is 2. The average Bonchev–Trinajstić information content (AvgIpc) is 3.09. The fourth-order valence-electron chi connectivity index (χ4n) is 2.48. The van der Waals surface area contributed by atoms with Crippen LogP contribution in [0.2, 0.25) is 0 Å². The zero-order chi connectivity index (χ0) is 19.2. The van der Waals surface area contributed by atoms with Gasteiger partial charge >= 0.3 is 0 Å². The van der Waals surface area contributed by atoms with Gasteiger partial charge < -0.3 is 15.7 Å². The Morgan fingerprint density at radius 1 is 1.07 bits per heavy atom. The fourth-order valence-corrected chi connectivity index (χ4v) is 2.48. The van der Waals surface area contributed by atoms with Crippen LogP contribution in [0.5, 0.6) is 0 Å². The topological polar surface area (TPSA) is 109 Å². The molecular formula is C18H18FN5O3. The van der Waals surface area contributed by atoms with Crippen molar-refractivity contribution in [2.75, 3.05) is 19.7 Å². The third kappa shape index (κ3) is 4.45.